The van der Waals surface area contributed by atoms with E-state index in [0.717, 1.165) is 0 Å². The minimum absolute atomic E-state index is 0.0203. The van der Waals surface area contributed by atoms with Crippen LogP contribution in [-0.4, -0.2) is 47.7 Å². The molecule has 20 heavy (non-hydrogen) atoms. The van der Waals surface area contributed by atoms with Crippen LogP contribution in [0.15, 0.2) is 6.20 Å². The number of ether oxygens (including phenoxy) is 1. The fraction of sp³-hybridized carbons (Fsp3) is 0.667. The molecule has 0 aliphatic heterocycles. The first-order chi connectivity index (χ1) is 9.54. The van der Waals surface area contributed by atoms with Gasteiger partial charge in [0.2, 0.25) is 11.8 Å². The lowest BCUT2D eigenvalue weighted by molar-refractivity contribution is -0.384. The van der Waals surface area contributed by atoms with Crippen molar-refractivity contribution in [2.24, 2.45) is 0 Å². The predicted molar refractivity (Wildman–Crippen MR) is 77.2 cm³/mol. The van der Waals surface area contributed by atoms with Gasteiger partial charge in [0, 0.05) is 20.2 Å². The van der Waals surface area contributed by atoms with E-state index in [9.17, 15) is 10.1 Å². The molecule has 1 N–H and O–H groups in total. The molecule has 1 rings (SSSR count). The average Bonchev–Trinajstić information content (AvgIpc) is 2.40. The van der Waals surface area contributed by atoms with Crippen molar-refractivity contribution in [1.82, 2.24) is 9.97 Å². The minimum atomic E-state index is -0.465. The van der Waals surface area contributed by atoms with Crippen LogP contribution in [0, 0.1) is 10.1 Å². The Balaban J connectivity index is 3.21. The lowest BCUT2D eigenvalue weighted by Gasteiger charge is -2.28. The van der Waals surface area contributed by atoms with Gasteiger partial charge in [-0.15, -0.1) is 0 Å². The molecule has 112 valence electrons. The molecule has 0 fully saturated rings. The summed E-state index contributed by atoms with van der Waals surface area (Å²) in [5, 5.41) is 14.1. The van der Waals surface area contributed by atoms with E-state index in [-0.39, 0.29) is 11.7 Å². The van der Waals surface area contributed by atoms with Gasteiger partial charge in [0.1, 0.15) is 6.20 Å². The summed E-state index contributed by atoms with van der Waals surface area (Å²) >= 11 is 0. The molecule has 1 aromatic heterocycles. The van der Waals surface area contributed by atoms with Crippen LogP contribution in [0.5, 0.6) is 0 Å². The lowest BCUT2D eigenvalue weighted by atomic mass is 10.3. The molecule has 1 aromatic rings. The van der Waals surface area contributed by atoms with E-state index in [1.807, 2.05) is 25.7 Å². The summed E-state index contributed by atoms with van der Waals surface area (Å²) in [6.07, 6.45) is 1.24. The Morgan fingerprint density at radius 1 is 1.55 bits per heavy atom. The van der Waals surface area contributed by atoms with E-state index in [0.29, 0.717) is 31.5 Å². The Labute approximate surface area is 118 Å². The standard InChI is InChI=1S/C12H21N5O3/c1-5-13-12-14-7-10(17(18)19)11(15-12)16(6-2)9(3)8-20-4/h7,9H,5-6,8H2,1-4H3,(H,13,14,15). The maximum absolute atomic E-state index is 11.1. The zero-order valence-electron chi connectivity index (χ0n) is 12.3. The maximum atomic E-state index is 11.1. The van der Waals surface area contributed by atoms with E-state index in [2.05, 4.69) is 15.3 Å². The molecular formula is C12H21N5O3. The van der Waals surface area contributed by atoms with E-state index in [1.165, 1.54) is 6.20 Å². The largest absolute Gasteiger partial charge is 0.383 e. The van der Waals surface area contributed by atoms with Crippen molar-refractivity contribution in [3.8, 4) is 0 Å². The first kappa shape index (κ1) is 16.1. The van der Waals surface area contributed by atoms with E-state index >= 15 is 0 Å². The van der Waals surface area contributed by atoms with Gasteiger partial charge in [0.25, 0.3) is 0 Å². The van der Waals surface area contributed by atoms with Crippen molar-refractivity contribution in [2.75, 3.05) is 37.0 Å². The predicted octanol–water partition coefficient (Wildman–Crippen LogP) is 1.68. The molecule has 1 atom stereocenters. The summed E-state index contributed by atoms with van der Waals surface area (Å²) in [5.41, 5.74) is -0.101. The Kier molecular flexibility index (Phi) is 6.10. The van der Waals surface area contributed by atoms with Gasteiger partial charge in [-0.2, -0.15) is 4.98 Å². The number of likely N-dealkylation sites (N-methyl/N-ethyl adjacent to an activating group) is 1. The Morgan fingerprint density at radius 2 is 2.25 bits per heavy atom. The Bertz CT molecular complexity index is 455. The van der Waals surface area contributed by atoms with Crippen LogP contribution in [0.25, 0.3) is 0 Å². The number of nitrogens with zero attached hydrogens (tertiary/aromatic N) is 4. The van der Waals surface area contributed by atoms with Gasteiger partial charge in [-0.25, -0.2) is 4.98 Å². The van der Waals surface area contributed by atoms with Crippen molar-refractivity contribution >= 4 is 17.5 Å². The van der Waals surface area contributed by atoms with Crippen molar-refractivity contribution in [2.45, 2.75) is 26.8 Å². The van der Waals surface area contributed by atoms with E-state index in [1.54, 1.807) is 7.11 Å². The van der Waals surface area contributed by atoms with Gasteiger partial charge in [-0.05, 0) is 20.8 Å². The van der Waals surface area contributed by atoms with Crippen LogP contribution in [0.4, 0.5) is 17.5 Å². The monoisotopic (exact) mass is 283 g/mol. The number of anilines is 2. The molecule has 0 aliphatic carbocycles. The molecule has 0 spiro atoms. The number of nitrogens with one attached hydrogen (secondary N) is 1. The summed E-state index contributed by atoms with van der Waals surface area (Å²) in [4.78, 5) is 20.7. The first-order valence-electron chi connectivity index (χ1n) is 6.55. The highest BCUT2D eigenvalue weighted by atomic mass is 16.6. The number of aromatic nitrogens is 2. The summed E-state index contributed by atoms with van der Waals surface area (Å²) in [5.74, 6) is 0.698. The summed E-state index contributed by atoms with van der Waals surface area (Å²) in [6.45, 7) is 7.47. The quantitative estimate of drug-likeness (QED) is 0.573. The molecule has 0 amide bonds. The highest BCUT2D eigenvalue weighted by molar-refractivity contribution is 5.59. The third kappa shape index (κ3) is 3.77. The number of rotatable bonds is 8. The van der Waals surface area contributed by atoms with E-state index < -0.39 is 4.92 Å². The molecule has 1 heterocycles. The van der Waals surface area contributed by atoms with Crippen molar-refractivity contribution in [3.05, 3.63) is 16.3 Å². The second-order valence-corrected chi connectivity index (χ2v) is 4.28. The van der Waals surface area contributed by atoms with Crippen LogP contribution >= 0.6 is 0 Å². The van der Waals surface area contributed by atoms with Crippen molar-refractivity contribution < 1.29 is 9.66 Å². The number of hydrogen-bond acceptors (Lipinski definition) is 7. The number of nitro groups is 1. The van der Waals surface area contributed by atoms with Gasteiger partial charge >= 0.3 is 5.69 Å². The molecule has 0 saturated carbocycles. The van der Waals surface area contributed by atoms with Crippen LogP contribution < -0.4 is 10.2 Å². The molecule has 8 nitrogen and oxygen atoms in total. The zero-order chi connectivity index (χ0) is 15.1. The van der Waals surface area contributed by atoms with Gasteiger partial charge in [-0.1, -0.05) is 0 Å². The highest BCUT2D eigenvalue weighted by Gasteiger charge is 2.25. The van der Waals surface area contributed by atoms with Crippen molar-refractivity contribution in [3.63, 3.8) is 0 Å². The molecule has 0 radical (unpaired) electrons. The fourth-order valence-electron chi connectivity index (χ4n) is 1.95. The molecule has 0 aromatic carbocycles. The number of methoxy groups -OCH3 is 1. The first-order valence-corrected chi connectivity index (χ1v) is 6.55. The van der Waals surface area contributed by atoms with Crippen LogP contribution in [0.1, 0.15) is 20.8 Å². The molecular weight excluding hydrogens is 262 g/mol. The SMILES string of the molecule is CCNc1ncc([N+](=O)[O-])c(N(CC)C(C)COC)n1. The molecule has 1 unspecified atom stereocenters. The smallest absolute Gasteiger partial charge is 0.329 e. The third-order valence-electron chi connectivity index (χ3n) is 2.83. The highest BCUT2D eigenvalue weighted by Crippen LogP contribution is 2.27. The summed E-state index contributed by atoms with van der Waals surface area (Å²) < 4.78 is 5.12. The van der Waals surface area contributed by atoms with Gasteiger partial charge in [0.15, 0.2) is 0 Å². The van der Waals surface area contributed by atoms with Crippen LogP contribution in [0.3, 0.4) is 0 Å². The van der Waals surface area contributed by atoms with Gasteiger partial charge < -0.3 is 15.0 Å². The Morgan fingerprint density at radius 3 is 2.75 bits per heavy atom. The second-order valence-electron chi connectivity index (χ2n) is 4.28. The van der Waals surface area contributed by atoms with Crippen LogP contribution in [0.2, 0.25) is 0 Å². The zero-order valence-corrected chi connectivity index (χ0v) is 12.3. The Hall–Kier alpha value is -1.96. The number of hydrogen-bond donors (Lipinski definition) is 1. The van der Waals surface area contributed by atoms with Crippen molar-refractivity contribution in [1.29, 1.82) is 0 Å². The third-order valence-corrected chi connectivity index (χ3v) is 2.83. The minimum Gasteiger partial charge on any atom is -0.383 e. The molecule has 0 saturated heterocycles. The van der Waals surface area contributed by atoms with Gasteiger partial charge in [-0.3, -0.25) is 10.1 Å². The molecule has 0 bridgehead atoms. The van der Waals surface area contributed by atoms with Gasteiger partial charge in [0.05, 0.1) is 17.6 Å². The molecule has 0 aliphatic rings. The van der Waals surface area contributed by atoms with E-state index in [4.69, 9.17) is 4.74 Å². The summed E-state index contributed by atoms with van der Waals surface area (Å²) in [7, 11) is 1.60. The average molecular weight is 283 g/mol. The summed E-state index contributed by atoms with van der Waals surface area (Å²) in [6, 6.07) is -0.0203. The normalized spacial score (nSPS) is 12.0. The van der Waals surface area contributed by atoms with Crippen LogP contribution in [-0.2, 0) is 4.74 Å². The fourth-order valence-corrected chi connectivity index (χ4v) is 1.95. The lowest BCUT2D eigenvalue weighted by Crippen LogP contribution is -2.37. The topological polar surface area (TPSA) is 93.4 Å². The maximum Gasteiger partial charge on any atom is 0.329 e. The second kappa shape index (κ2) is 7.59. The molecule has 8 heteroatoms.